The molecule has 1 aromatic rings. The Hall–Kier alpha value is -2.18. The van der Waals surface area contributed by atoms with Gasteiger partial charge in [-0.25, -0.2) is 4.98 Å². The Kier molecular flexibility index (Phi) is 5.08. The van der Waals surface area contributed by atoms with Gasteiger partial charge in [0.25, 0.3) is 0 Å². The molecule has 0 bridgehead atoms. The Balaban J connectivity index is 2.08. The van der Waals surface area contributed by atoms with Crippen LogP contribution in [0, 0.1) is 0 Å². The highest BCUT2D eigenvalue weighted by Crippen LogP contribution is 2.24. The van der Waals surface area contributed by atoms with E-state index in [2.05, 4.69) is 14.7 Å². The molecule has 0 aliphatic heterocycles. The SMILES string of the molecule is NC(=CC=NC1CCCC1)c1cnc(N)c(OC(F)F)c1. The van der Waals surface area contributed by atoms with E-state index in [1.807, 2.05) is 0 Å². The van der Waals surface area contributed by atoms with Crippen molar-refractivity contribution in [1.82, 2.24) is 4.98 Å². The van der Waals surface area contributed by atoms with Crippen molar-refractivity contribution in [3.05, 3.63) is 23.9 Å². The molecule has 21 heavy (non-hydrogen) atoms. The molecule has 0 unspecified atom stereocenters. The molecule has 1 saturated carbocycles. The van der Waals surface area contributed by atoms with Gasteiger partial charge in [-0.1, -0.05) is 12.8 Å². The van der Waals surface area contributed by atoms with Crippen LogP contribution < -0.4 is 16.2 Å². The van der Waals surface area contributed by atoms with E-state index in [9.17, 15) is 8.78 Å². The minimum Gasteiger partial charge on any atom is -0.431 e. The van der Waals surface area contributed by atoms with Crippen LogP contribution in [0.1, 0.15) is 31.2 Å². The van der Waals surface area contributed by atoms with E-state index in [4.69, 9.17) is 11.5 Å². The smallest absolute Gasteiger partial charge is 0.387 e. The maximum atomic E-state index is 12.2. The number of aromatic nitrogens is 1. The highest BCUT2D eigenvalue weighted by Gasteiger charge is 2.12. The molecule has 114 valence electrons. The van der Waals surface area contributed by atoms with E-state index in [0.717, 1.165) is 12.8 Å². The summed E-state index contributed by atoms with van der Waals surface area (Å²) in [4.78, 5) is 8.19. The number of aliphatic imine (C=N–C) groups is 1. The molecule has 0 atom stereocenters. The van der Waals surface area contributed by atoms with Gasteiger partial charge in [-0.15, -0.1) is 0 Å². The first-order chi connectivity index (χ1) is 10.1. The third kappa shape index (κ3) is 4.40. The van der Waals surface area contributed by atoms with E-state index in [1.165, 1.54) is 25.1 Å². The number of rotatable bonds is 5. The number of pyridine rings is 1. The summed E-state index contributed by atoms with van der Waals surface area (Å²) >= 11 is 0. The first-order valence-corrected chi connectivity index (χ1v) is 6.76. The largest absolute Gasteiger partial charge is 0.431 e. The Bertz CT molecular complexity index is 540. The first-order valence-electron chi connectivity index (χ1n) is 6.76. The van der Waals surface area contributed by atoms with Gasteiger partial charge in [0.05, 0.1) is 0 Å². The molecule has 4 N–H and O–H groups in total. The molecule has 7 heteroatoms. The summed E-state index contributed by atoms with van der Waals surface area (Å²) in [6, 6.07) is 1.69. The summed E-state index contributed by atoms with van der Waals surface area (Å²) in [6.45, 7) is -2.96. The molecule has 1 aromatic heterocycles. The lowest BCUT2D eigenvalue weighted by Crippen LogP contribution is -2.07. The standard InChI is InChI=1S/C14H18F2N4O/c15-14(16)21-12-7-9(8-20-13(12)18)11(17)5-6-19-10-3-1-2-4-10/h5-8,10,14H,1-4,17H2,(H2,18,20). The van der Waals surface area contributed by atoms with E-state index in [-0.39, 0.29) is 11.6 Å². The fourth-order valence-corrected chi connectivity index (χ4v) is 2.20. The second-order valence-corrected chi connectivity index (χ2v) is 4.84. The van der Waals surface area contributed by atoms with Crippen molar-refractivity contribution in [2.45, 2.75) is 38.3 Å². The van der Waals surface area contributed by atoms with Crippen molar-refractivity contribution in [3.8, 4) is 5.75 Å². The Labute approximate surface area is 121 Å². The van der Waals surface area contributed by atoms with E-state index in [1.54, 1.807) is 12.3 Å². The number of ether oxygens (including phenoxy) is 1. The lowest BCUT2D eigenvalue weighted by molar-refractivity contribution is -0.0495. The van der Waals surface area contributed by atoms with Gasteiger partial charge in [-0.2, -0.15) is 8.78 Å². The molecule has 0 amide bonds. The van der Waals surface area contributed by atoms with Crippen molar-refractivity contribution in [2.75, 3.05) is 5.73 Å². The number of nitrogens with two attached hydrogens (primary N) is 2. The van der Waals surface area contributed by atoms with Crippen LogP contribution in [0.25, 0.3) is 5.70 Å². The monoisotopic (exact) mass is 296 g/mol. The number of nitrogen functional groups attached to an aromatic ring is 1. The summed E-state index contributed by atoms with van der Waals surface area (Å²) in [5.74, 6) is -0.293. The molecule has 0 saturated heterocycles. The number of hydrogen-bond acceptors (Lipinski definition) is 5. The minimum absolute atomic E-state index is 0.105. The minimum atomic E-state index is -2.96. The molecule has 1 aliphatic carbocycles. The number of alkyl halides is 2. The fraction of sp³-hybridized carbons (Fsp3) is 0.429. The van der Waals surface area contributed by atoms with Gasteiger partial charge in [0.2, 0.25) is 0 Å². The average molecular weight is 296 g/mol. The third-order valence-electron chi connectivity index (χ3n) is 3.31. The van der Waals surface area contributed by atoms with Crippen LogP contribution in [0.3, 0.4) is 0 Å². The van der Waals surface area contributed by atoms with Crippen LogP contribution >= 0.6 is 0 Å². The van der Waals surface area contributed by atoms with Gasteiger partial charge in [0.1, 0.15) is 0 Å². The molecular weight excluding hydrogens is 278 g/mol. The van der Waals surface area contributed by atoms with Crippen molar-refractivity contribution < 1.29 is 13.5 Å². The summed E-state index contributed by atoms with van der Waals surface area (Å²) < 4.78 is 28.8. The van der Waals surface area contributed by atoms with E-state index in [0.29, 0.717) is 17.3 Å². The summed E-state index contributed by atoms with van der Waals surface area (Å²) in [7, 11) is 0. The summed E-state index contributed by atoms with van der Waals surface area (Å²) in [6.07, 6.45) is 9.28. The lowest BCUT2D eigenvalue weighted by Gasteiger charge is -2.08. The number of halogens is 2. The zero-order valence-electron chi connectivity index (χ0n) is 11.5. The maximum Gasteiger partial charge on any atom is 0.387 e. The van der Waals surface area contributed by atoms with Crippen molar-refractivity contribution in [3.63, 3.8) is 0 Å². The van der Waals surface area contributed by atoms with Crippen LogP contribution in [0.4, 0.5) is 14.6 Å². The first kappa shape index (κ1) is 15.2. The zero-order chi connectivity index (χ0) is 15.2. The van der Waals surface area contributed by atoms with Crippen molar-refractivity contribution >= 4 is 17.7 Å². The number of hydrogen-bond donors (Lipinski definition) is 2. The van der Waals surface area contributed by atoms with Gasteiger partial charge in [0.15, 0.2) is 11.6 Å². The molecule has 2 rings (SSSR count). The molecule has 0 aromatic carbocycles. The van der Waals surface area contributed by atoms with Crippen LogP contribution in [0.5, 0.6) is 5.75 Å². The molecule has 1 fully saturated rings. The highest BCUT2D eigenvalue weighted by molar-refractivity contribution is 5.83. The Morgan fingerprint density at radius 2 is 2.14 bits per heavy atom. The fourth-order valence-electron chi connectivity index (χ4n) is 2.20. The van der Waals surface area contributed by atoms with E-state index < -0.39 is 6.61 Å². The number of allylic oxidation sites excluding steroid dienone is 1. The summed E-state index contributed by atoms with van der Waals surface area (Å²) in [5.41, 5.74) is 12.2. The topological polar surface area (TPSA) is 86.5 Å². The zero-order valence-corrected chi connectivity index (χ0v) is 11.5. The number of nitrogens with zero attached hydrogens (tertiary/aromatic N) is 2. The second kappa shape index (κ2) is 7.01. The van der Waals surface area contributed by atoms with Gasteiger partial charge < -0.3 is 16.2 Å². The van der Waals surface area contributed by atoms with Gasteiger partial charge in [0, 0.05) is 29.7 Å². The van der Waals surface area contributed by atoms with E-state index >= 15 is 0 Å². The predicted octanol–water partition coefficient (Wildman–Crippen LogP) is 2.58. The third-order valence-corrected chi connectivity index (χ3v) is 3.31. The van der Waals surface area contributed by atoms with Crippen LogP contribution in [0.2, 0.25) is 0 Å². The Morgan fingerprint density at radius 1 is 1.43 bits per heavy atom. The van der Waals surface area contributed by atoms with Crippen LogP contribution in [0.15, 0.2) is 23.3 Å². The molecular formula is C14H18F2N4O. The molecule has 0 radical (unpaired) electrons. The molecule has 1 heterocycles. The van der Waals surface area contributed by atoms with Gasteiger partial charge in [-0.3, -0.25) is 4.99 Å². The Morgan fingerprint density at radius 3 is 2.81 bits per heavy atom. The predicted molar refractivity (Wildman–Crippen MR) is 78.2 cm³/mol. The number of anilines is 1. The van der Waals surface area contributed by atoms with Crippen molar-refractivity contribution in [2.24, 2.45) is 10.7 Å². The molecule has 5 nitrogen and oxygen atoms in total. The van der Waals surface area contributed by atoms with Gasteiger partial charge >= 0.3 is 6.61 Å². The lowest BCUT2D eigenvalue weighted by atomic mass is 10.2. The quantitative estimate of drug-likeness (QED) is 0.818. The highest BCUT2D eigenvalue weighted by atomic mass is 19.3. The molecule has 0 spiro atoms. The maximum absolute atomic E-state index is 12.2. The van der Waals surface area contributed by atoms with Crippen LogP contribution in [-0.2, 0) is 0 Å². The van der Waals surface area contributed by atoms with Gasteiger partial charge in [-0.05, 0) is 25.0 Å². The van der Waals surface area contributed by atoms with Crippen LogP contribution in [-0.4, -0.2) is 23.9 Å². The normalized spacial score (nSPS) is 17.0. The summed E-state index contributed by atoms with van der Waals surface area (Å²) in [5, 5.41) is 0. The second-order valence-electron chi connectivity index (χ2n) is 4.84. The van der Waals surface area contributed by atoms with Crippen molar-refractivity contribution in [1.29, 1.82) is 0 Å². The molecule has 1 aliphatic rings. The average Bonchev–Trinajstić information content (AvgIpc) is 2.94.